The highest BCUT2D eigenvalue weighted by molar-refractivity contribution is 6.09. The summed E-state index contributed by atoms with van der Waals surface area (Å²) in [5, 5.41) is 7.58. The zero-order valence-corrected chi connectivity index (χ0v) is 25.7. The lowest BCUT2D eigenvalue weighted by atomic mass is 10.1. The lowest BCUT2D eigenvalue weighted by Crippen LogP contribution is -2.46. The molecule has 2 saturated heterocycles. The summed E-state index contributed by atoms with van der Waals surface area (Å²) in [7, 11) is 3.39. The Labute approximate surface area is 259 Å². The van der Waals surface area contributed by atoms with Gasteiger partial charge in [0.15, 0.2) is 0 Å². The molecule has 2 aromatic heterocycles. The molecule has 1 aromatic carbocycles. The lowest BCUT2D eigenvalue weighted by molar-refractivity contribution is -0.137. The molecule has 45 heavy (non-hydrogen) atoms. The number of pyridine rings is 1. The number of para-hydroxylation sites is 1. The summed E-state index contributed by atoms with van der Waals surface area (Å²) >= 11 is 0. The molecule has 5 rings (SSSR count). The lowest BCUT2D eigenvalue weighted by Gasteiger charge is -2.31. The topological polar surface area (TPSA) is 116 Å². The van der Waals surface area contributed by atoms with Crippen LogP contribution in [0.1, 0.15) is 48.4 Å². The van der Waals surface area contributed by atoms with E-state index in [-0.39, 0.29) is 30.3 Å². The van der Waals surface area contributed by atoms with Crippen molar-refractivity contribution < 1.29 is 32.0 Å². The van der Waals surface area contributed by atoms with E-state index in [1.807, 2.05) is 29.8 Å². The Balaban J connectivity index is 0.000000440. The van der Waals surface area contributed by atoms with Crippen LogP contribution in [-0.2, 0) is 27.1 Å². The first kappa shape index (κ1) is 33.1. The van der Waals surface area contributed by atoms with Crippen molar-refractivity contribution in [2.75, 3.05) is 41.9 Å². The molecule has 1 unspecified atom stereocenters. The Morgan fingerprint density at radius 3 is 2.49 bits per heavy atom. The molecule has 0 N–H and O–H groups in total. The zero-order valence-electron chi connectivity index (χ0n) is 25.7. The van der Waals surface area contributed by atoms with Gasteiger partial charge < -0.3 is 19.1 Å². The molecule has 11 nitrogen and oxygen atoms in total. The van der Waals surface area contributed by atoms with Gasteiger partial charge in [0.2, 0.25) is 30.0 Å². The zero-order chi connectivity index (χ0) is 32.9. The van der Waals surface area contributed by atoms with Gasteiger partial charge in [-0.15, -0.1) is 10.2 Å². The second-order valence-electron chi connectivity index (χ2n) is 10.9. The minimum Gasteiger partial charge on any atom is -0.426 e. The molecule has 3 aromatic rings. The molecule has 3 amide bonds. The summed E-state index contributed by atoms with van der Waals surface area (Å²) < 4.78 is 45.5. The van der Waals surface area contributed by atoms with Crippen LogP contribution in [-0.4, -0.2) is 71.0 Å². The Morgan fingerprint density at radius 1 is 1.16 bits per heavy atom. The van der Waals surface area contributed by atoms with Crippen molar-refractivity contribution in [2.24, 2.45) is 0 Å². The third kappa shape index (κ3) is 7.67. The summed E-state index contributed by atoms with van der Waals surface area (Å²) in [5.41, 5.74) is 1.35. The van der Waals surface area contributed by atoms with Crippen molar-refractivity contribution in [1.82, 2.24) is 20.1 Å². The molecule has 0 radical (unpaired) electrons. The van der Waals surface area contributed by atoms with Crippen LogP contribution in [0.15, 0.2) is 53.8 Å². The predicted octanol–water partition coefficient (Wildman–Crippen LogP) is 4.69. The van der Waals surface area contributed by atoms with E-state index in [1.165, 1.54) is 24.3 Å². The average molecular weight is 628 g/mol. The number of hydrogen-bond acceptors (Lipinski definition) is 8. The number of aryl methyl sites for hydroxylation is 2. The molecule has 0 bridgehead atoms. The molecule has 0 aliphatic carbocycles. The summed E-state index contributed by atoms with van der Waals surface area (Å²) in [5.74, 6) is -0.608. The minimum atomic E-state index is -4.61. The van der Waals surface area contributed by atoms with Gasteiger partial charge in [-0.25, -0.2) is 4.98 Å². The predicted molar refractivity (Wildman–Crippen MR) is 161 cm³/mol. The van der Waals surface area contributed by atoms with Gasteiger partial charge in [-0.2, -0.15) is 13.2 Å². The summed E-state index contributed by atoms with van der Waals surface area (Å²) in [4.78, 5) is 47.6. The fraction of sp³-hybridized carbons (Fsp3) is 0.419. The number of carbonyl (C=O) groups is 3. The highest BCUT2D eigenvalue weighted by atomic mass is 19.4. The van der Waals surface area contributed by atoms with Gasteiger partial charge in [-0.1, -0.05) is 18.7 Å². The van der Waals surface area contributed by atoms with Crippen molar-refractivity contribution in [1.29, 1.82) is 0 Å². The van der Waals surface area contributed by atoms with Crippen molar-refractivity contribution in [3.05, 3.63) is 72.1 Å². The first-order valence-corrected chi connectivity index (χ1v) is 14.4. The number of alkyl halides is 3. The van der Waals surface area contributed by atoms with E-state index in [0.29, 0.717) is 18.1 Å². The maximum atomic E-state index is 13.7. The molecule has 0 spiro atoms. The van der Waals surface area contributed by atoms with E-state index < -0.39 is 29.6 Å². The third-order valence-electron chi connectivity index (χ3n) is 7.67. The largest absolute Gasteiger partial charge is 0.426 e. The smallest absolute Gasteiger partial charge is 0.416 e. The number of amides is 3. The van der Waals surface area contributed by atoms with E-state index in [0.717, 1.165) is 54.2 Å². The van der Waals surface area contributed by atoms with Crippen LogP contribution in [0.5, 0.6) is 0 Å². The fourth-order valence-corrected chi connectivity index (χ4v) is 5.51. The highest BCUT2D eigenvalue weighted by Crippen LogP contribution is 2.36. The number of carbonyl (C=O) groups excluding carboxylic acids is 3. The number of likely N-dealkylation sites (tertiary alicyclic amines) is 1. The second kappa shape index (κ2) is 13.9. The van der Waals surface area contributed by atoms with Crippen LogP contribution in [0.3, 0.4) is 0 Å². The van der Waals surface area contributed by atoms with E-state index in [9.17, 15) is 27.6 Å². The molecule has 0 saturated carbocycles. The molecule has 240 valence electrons. The number of nitrogens with zero attached hydrogens (tertiary/aromatic N) is 7. The first-order valence-electron chi connectivity index (χ1n) is 14.4. The number of hydrogen-bond donors (Lipinski definition) is 0. The quantitative estimate of drug-likeness (QED) is 0.347. The molecule has 4 heterocycles. The van der Waals surface area contributed by atoms with Crippen molar-refractivity contribution in [3.8, 4) is 0 Å². The SMILES string of the molecule is C=CC(=O)N1CCCC1.Cc1cc(C(F)(F)F)cc(N2C(=O)CCC2C(=O)N(C)c2cccc(C)c2N(C)Cc2nnco2)n1. The van der Waals surface area contributed by atoms with Gasteiger partial charge in [0, 0.05) is 39.3 Å². The van der Waals surface area contributed by atoms with E-state index in [1.54, 1.807) is 19.2 Å². The van der Waals surface area contributed by atoms with E-state index in [4.69, 9.17) is 4.42 Å². The maximum Gasteiger partial charge on any atom is 0.416 e. The summed E-state index contributed by atoms with van der Waals surface area (Å²) in [6, 6.07) is 6.18. The average Bonchev–Trinajstić information content (AvgIpc) is 3.78. The first-order chi connectivity index (χ1) is 21.3. The molecule has 2 aliphatic rings. The van der Waals surface area contributed by atoms with Gasteiger partial charge >= 0.3 is 6.18 Å². The Hall–Kier alpha value is -4.75. The van der Waals surface area contributed by atoms with Gasteiger partial charge in [0.05, 0.1) is 23.5 Å². The van der Waals surface area contributed by atoms with Gasteiger partial charge in [-0.05, 0) is 62.9 Å². The van der Waals surface area contributed by atoms with Crippen LogP contribution in [0.25, 0.3) is 0 Å². The van der Waals surface area contributed by atoms with Crippen LogP contribution in [0, 0.1) is 13.8 Å². The van der Waals surface area contributed by atoms with Crippen LogP contribution in [0.4, 0.5) is 30.4 Å². The van der Waals surface area contributed by atoms with Crippen molar-refractivity contribution in [3.63, 3.8) is 0 Å². The highest BCUT2D eigenvalue weighted by Gasteiger charge is 2.41. The van der Waals surface area contributed by atoms with Gasteiger partial charge in [0.1, 0.15) is 11.9 Å². The Bertz CT molecular complexity index is 1540. The minimum absolute atomic E-state index is 0.0267. The Kier molecular flexibility index (Phi) is 10.2. The van der Waals surface area contributed by atoms with Crippen LogP contribution < -0.4 is 14.7 Å². The number of benzene rings is 1. The van der Waals surface area contributed by atoms with Crippen LogP contribution in [0.2, 0.25) is 0 Å². The number of halogens is 3. The molecular weight excluding hydrogens is 591 g/mol. The molecular formula is C31H36F3N7O4. The monoisotopic (exact) mass is 627 g/mol. The number of rotatable bonds is 7. The van der Waals surface area contributed by atoms with E-state index >= 15 is 0 Å². The molecule has 2 fully saturated rings. The summed E-state index contributed by atoms with van der Waals surface area (Å²) in [6.45, 7) is 8.86. The van der Waals surface area contributed by atoms with Gasteiger partial charge in [0.25, 0.3) is 0 Å². The standard InChI is InChI=1S/C24H25F3N6O3.C7H11NO/c1-14-6-5-7-17(22(14)31(3)12-20-30-28-13-36-20)32(4)23(35)18-8-9-21(34)33(18)19-11-16(24(25,26)27)10-15(2)29-19;1-2-7(9)8-5-3-4-6-8/h5-7,10-11,13,18H,8-9,12H2,1-4H3;2H,1,3-6H2. The number of anilines is 3. The summed E-state index contributed by atoms with van der Waals surface area (Å²) in [6.07, 6.45) is 0.495. The third-order valence-corrected chi connectivity index (χ3v) is 7.67. The van der Waals surface area contributed by atoms with Gasteiger partial charge in [-0.3, -0.25) is 19.3 Å². The Morgan fingerprint density at radius 2 is 1.87 bits per heavy atom. The molecule has 14 heteroatoms. The van der Waals surface area contributed by atoms with Crippen LogP contribution >= 0.6 is 0 Å². The second-order valence-corrected chi connectivity index (χ2v) is 10.9. The fourth-order valence-electron chi connectivity index (χ4n) is 5.51. The number of likely N-dealkylation sites (N-methyl/N-ethyl adjacent to an activating group) is 1. The normalized spacial score (nSPS) is 16.3. The van der Waals surface area contributed by atoms with E-state index in [2.05, 4.69) is 21.8 Å². The maximum absolute atomic E-state index is 13.7. The number of aromatic nitrogens is 3. The molecule has 1 atom stereocenters. The van der Waals surface area contributed by atoms with Crippen molar-refractivity contribution >= 4 is 34.9 Å². The van der Waals surface area contributed by atoms with Crippen molar-refractivity contribution in [2.45, 2.75) is 58.3 Å². The molecule has 2 aliphatic heterocycles.